The van der Waals surface area contributed by atoms with Crippen LogP contribution in [-0.4, -0.2) is 23.4 Å². The Bertz CT molecular complexity index is 497. The van der Waals surface area contributed by atoms with Crippen molar-refractivity contribution in [2.24, 2.45) is 11.8 Å². The lowest BCUT2D eigenvalue weighted by molar-refractivity contribution is 0.0952. The monoisotopic (exact) mass is 277 g/mol. The minimum Gasteiger partial charge on any atom is -0.464 e. The fourth-order valence-corrected chi connectivity index (χ4v) is 3.88. The van der Waals surface area contributed by atoms with E-state index >= 15 is 0 Å². The van der Waals surface area contributed by atoms with Crippen molar-refractivity contribution in [2.45, 2.75) is 51.6 Å². The molecular weight excluding hydrogens is 254 g/mol. The van der Waals surface area contributed by atoms with E-state index in [9.17, 15) is 4.79 Å². The van der Waals surface area contributed by atoms with Gasteiger partial charge in [0.1, 0.15) is 11.5 Å². The Morgan fingerprint density at radius 3 is 3.05 bits per heavy atom. The molecule has 2 fully saturated rings. The predicted octanol–water partition coefficient (Wildman–Crippen LogP) is 1.96. The van der Waals surface area contributed by atoms with E-state index in [0.29, 0.717) is 17.4 Å². The van der Waals surface area contributed by atoms with Gasteiger partial charge in [0.2, 0.25) is 0 Å². The van der Waals surface area contributed by atoms with Gasteiger partial charge in [-0.1, -0.05) is 6.42 Å². The van der Waals surface area contributed by atoms with E-state index in [1.807, 2.05) is 13.0 Å². The third kappa shape index (κ3) is 2.47. The zero-order chi connectivity index (χ0) is 14.1. The van der Waals surface area contributed by atoms with Crippen molar-refractivity contribution < 1.29 is 9.21 Å². The van der Waals surface area contributed by atoms with Gasteiger partial charge in [0.15, 0.2) is 0 Å². The predicted molar refractivity (Wildman–Crippen MR) is 75.9 cm³/mol. The number of aryl methyl sites for hydroxylation is 1. The summed E-state index contributed by atoms with van der Waals surface area (Å²) in [6.07, 6.45) is 6.68. The van der Waals surface area contributed by atoms with Crippen molar-refractivity contribution in [2.75, 3.05) is 6.54 Å². The highest BCUT2D eigenvalue weighted by Crippen LogP contribution is 2.37. The summed E-state index contributed by atoms with van der Waals surface area (Å²) in [6.45, 7) is 3.75. The van der Waals surface area contributed by atoms with E-state index in [-0.39, 0.29) is 5.91 Å². The van der Waals surface area contributed by atoms with Crippen molar-refractivity contribution in [1.82, 2.24) is 10.3 Å². The summed E-state index contributed by atoms with van der Waals surface area (Å²) in [4.78, 5) is 14.1. The zero-order valence-electron chi connectivity index (χ0n) is 12.0. The van der Waals surface area contributed by atoms with E-state index in [2.05, 4.69) is 10.3 Å². The van der Waals surface area contributed by atoms with Gasteiger partial charge in [-0.2, -0.15) is 0 Å². The van der Waals surface area contributed by atoms with Crippen LogP contribution in [0, 0.1) is 12.8 Å². The van der Waals surface area contributed by atoms with Crippen LogP contribution in [0.3, 0.4) is 0 Å². The normalized spacial score (nSPS) is 26.5. The highest BCUT2D eigenvalue weighted by atomic mass is 16.3. The summed E-state index contributed by atoms with van der Waals surface area (Å²) in [5.41, 5.74) is 2.71. The van der Waals surface area contributed by atoms with Crippen molar-refractivity contribution >= 4 is 5.91 Å². The number of nitrogens with one attached hydrogen (secondary N) is 1. The molecule has 1 saturated heterocycles. The summed E-state index contributed by atoms with van der Waals surface area (Å²) >= 11 is 0. The fraction of sp³-hybridized carbons (Fsp3) is 0.667. The van der Waals surface area contributed by atoms with Gasteiger partial charge in [0.25, 0.3) is 5.91 Å². The molecular formula is C15H23N3O2. The number of amides is 1. The molecule has 3 rings (SSSR count). The minimum absolute atomic E-state index is 0.283. The van der Waals surface area contributed by atoms with Crippen LogP contribution in [0.1, 0.15) is 54.0 Å². The molecule has 5 nitrogen and oxygen atoms in total. The number of carbonyl (C=O) groups excluding carboxylic acids is 1. The molecule has 1 aromatic rings. The molecule has 0 bridgehead atoms. The summed E-state index contributed by atoms with van der Waals surface area (Å²) in [5, 5.41) is 0. The van der Waals surface area contributed by atoms with Gasteiger partial charge in [0, 0.05) is 6.04 Å². The topological polar surface area (TPSA) is 71.5 Å². The first kappa shape index (κ1) is 13.6. The molecule has 0 aromatic carbocycles. The molecule has 2 aliphatic rings. The van der Waals surface area contributed by atoms with Gasteiger partial charge >= 0.3 is 0 Å². The van der Waals surface area contributed by atoms with Crippen molar-refractivity contribution in [1.29, 1.82) is 0 Å². The maximum atomic E-state index is 11.6. The average Bonchev–Trinajstić information content (AvgIpc) is 3.05. The highest BCUT2D eigenvalue weighted by Gasteiger charge is 2.35. The number of hydrogen-bond acceptors (Lipinski definition) is 4. The van der Waals surface area contributed by atoms with Crippen molar-refractivity contribution in [3.63, 3.8) is 0 Å². The molecule has 20 heavy (non-hydrogen) atoms. The molecule has 2 heterocycles. The Balaban J connectivity index is 1.72. The second-order valence-electron chi connectivity index (χ2n) is 6.03. The Labute approximate surface area is 119 Å². The largest absolute Gasteiger partial charge is 0.464 e. The van der Waals surface area contributed by atoms with E-state index in [1.165, 1.54) is 32.1 Å². The Morgan fingerprint density at radius 1 is 1.45 bits per heavy atom. The van der Waals surface area contributed by atoms with E-state index in [1.54, 1.807) is 0 Å². The van der Waals surface area contributed by atoms with Gasteiger partial charge in [-0.15, -0.1) is 0 Å². The van der Waals surface area contributed by atoms with Crippen LogP contribution in [0.2, 0.25) is 0 Å². The van der Waals surface area contributed by atoms with E-state index in [4.69, 9.17) is 10.3 Å². The van der Waals surface area contributed by atoms with Gasteiger partial charge in [0.05, 0.1) is 12.1 Å². The fourth-order valence-electron chi connectivity index (χ4n) is 3.88. The molecule has 1 aliphatic carbocycles. The molecule has 1 aliphatic heterocycles. The molecule has 0 radical (unpaired) electrons. The number of furan rings is 1. The lowest BCUT2D eigenvalue weighted by atomic mass is 9.92. The van der Waals surface area contributed by atoms with Crippen LogP contribution in [-0.2, 0) is 6.54 Å². The van der Waals surface area contributed by atoms with Crippen LogP contribution in [0.15, 0.2) is 10.5 Å². The summed E-state index contributed by atoms with van der Waals surface area (Å²) in [5.74, 6) is 7.28. The molecule has 1 amide bonds. The number of fused-ring (bicyclic) bond motifs is 1. The van der Waals surface area contributed by atoms with Crippen LogP contribution in [0.25, 0.3) is 0 Å². The Hall–Kier alpha value is -1.33. The highest BCUT2D eigenvalue weighted by molar-refractivity contribution is 5.94. The molecule has 5 heteroatoms. The number of hydrogen-bond donors (Lipinski definition) is 2. The maximum Gasteiger partial charge on any atom is 0.268 e. The number of hydrazine groups is 1. The summed E-state index contributed by atoms with van der Waals surface area (Å²) in [6, 6.07) is 2.54. The SMILES string of the molecule is Cc1oc(CN2CCCC3CCCC32)cc1C(=O)NN. The molecule has 1 aromatic heterocycles. The summed E-state index contributed by atoms with van der Waals surface area (Å²) < 4.78 is 5.73. The van der Waals surface area contributed by atoms with Gasteiger partial charge < -0.3 is 4.42 Å². The molecule has 110 valence electrons. The van der Waals surface area contributed by atoms with Crippen molar-refractivity contribution in [3.05, 3.63) is 23.2 Å². The summed E-state index contributed by atoms with van der Waals surface area (Å²) in [7, 11) is 0. The van der Waals surface area contributed by atoms with E-state index < -0.39 is 0 Å². The maximum absolute atomic E-state index is 11.6. The molecule has 1 saturated carbocycles. The Kier molecular flexibility index (Phi) is 3.81. The third-order valence-electron chi connectivity index (χ3n) is 4.81. The number of piperidine rings is 1. The number of nitrogens with two attached hydrogens (primary N) is 1. The average molecular weight is 277 g/mol. The number of nitrogens with zero attached hydrogens (tertiary/aromatic N) is 1. The third-order valence-corrected chi connectivity index (χ3v) is 4.81. The van der Waals surface area contributed by atoms with Gasteiger partial charge in [-0.25, -0.2) is 5.84 Å². The number of nitrogen functional groups attached to an aromatic ring is 1. The van der Waals surface area contributed by atoms with Crippen LogP contribution in [0.4, 0.5) is 0 Å². The smallest absolute Gasteiger partial charge is 0.268 e. The molecule has 2 unspecified atom stereocenters. The van der Waals surface area contributed by atoms with Crippen LogP contribution >= 0.6 is 0 Å². The first-order chi connectivity index (χ1) is 9.69. The first-order valence-corrected chi connectivity index (χ1v) is 7.53. The van der Waals surface area contributed by atoms with Crippen molar-refractivity contribution in [3.8, 4) is 0 Å². The van der Waals surface area contributed by atoms with Crippen LogP contribution < -0.4 is 11.3 Å². The Morgan fingerprint density at radius 2 is 2.25 bits per heavy atom. The second kappa shape index (κ2) is 5.58. The number of carbonyl (C=O) groups is 1. The number of rotatable bonds is 3. The standard InChI is InChI=1S/C15H23N3O2/c1-10-13(15(19)17-16)8-12(20-10)9-18-7-3-5-11-4-2-6-14(11)18/h8,11,14H,2-7,9,16H2,1H3,(H,17,19). The van der Waals surface area contributed by atoms with Crippen LogP contribution in [0.5, 0.6) is 0 Å². The van der Waals surface area contributed by atoms with Gasteiger partial charge in [-0.05, 0) is 51.1 Å². The zero-order valence-corrected chi connectivity index (χ0v) is 12.0. The molecule has 2 atom stereocenters. The van der Waals surface area contributed by atoms with Gasteiger partial charge in [-0.3, -0.25) is 15.1 Å². The lowest BCUT2D eigenvalue weighted by Gasteiger charge is -2.37. The molecule has 0 spiro atoms. The lowest BCUT2D eigenvalue weighted by Crippen LogP contribution is -2.41. The first-order valence-electron chi connectivity index (χ1n) is 7.53. The molecule has 3 N–H and O–H groups in total. The minimum atomic E-state index is -0.283. The second-order valence-corrected chi connectivity index (χ2v) is 6.03. The number of likely N-dealkylation sites (tertiary alicyclic amines) is 1. The quantitative estimate of drug-likeness (QED) is 0.503. The van der Waals surface area contributed by atoms with E-state index in [0.717, 1.165) is 24.8 Å².